The fourth-order valence-corrected chi connectivity index (χ4v) is 3.32. The van der Waals surface area contributed by atoms with Crippen LogP contribution in [0.4, 0.5) is 14.5 Å². The van der Waals surface area contributed by atoms with Gasteiger partial charge in [-0.15, -0.1) is 0 Å². The normalized spacial score (nSPS) is 17.7. The summed E-state index contributed by atoms with van der Waals surface area (Å²) in [5.41, 5.74) is 1.24. The number of nitrogens with zero attached hydrogens (tertiary/aromatic N) is 1. The quantitative estimate of drug-likeness (QED) is 0.785. The first-order valence-corrected chi connectivity index (χ1v) is 8.94. The Morgan fingerprint density at radius 1 is 1.30 bits per heavy atom. The molecular formula is C19H20ClF2N3O2. The number of hydrogen-bond acceptors (Lipinski definition) is 4. The first kappa shape index (κ1) is 19.5. The van der Waals surface area contributed by atoms with Crippen molar-refractivity contribution in [1.29, 1.82) is 0 Å². The number of amides is 1. The van der Waals surface area contributed by atoms with Gasteiger partial charge < -0.3 is 15.4 Å². The van der Waals surface area contributed by atoms with Gasteiger partial charge in [-0.1, -0.05) is 35.9 Å². The molecule has 0 spiro atoms. The number of nitrogens with one attached hydrogen (secondary N) is 2. The monoisotopic (exact) mass is 395 g/mol. The average Bonchev–Trinajstić information content (AvgIpc) is 2.63. The van der Waals surface area contributed by atoms with Crippen molar-refractivity contribution in [1.82, 2.24) is 10.2 Å². The van der Waals surface area contributed by atoms with Crippen LogP contribution in [0, 0.1) is 0 Å². The highest BCUT2D eigenvalue weighted by Crippen LogP contribution is 2.27. The average molecular weight is 396 g/mol. The summed E-state index contributed by atoms with van der Waals surface area (Å²) in [6.45, 7) is -0.695. The molecule has 0 radical (unpaired) electrons. The Morgan fingerprint density at radius 2 is 2.11 bits per heavy atom. The van der Waals surface area contributed by atoms with Crippen molar-refractivity contribution in [3.05, 3.63) is 59.1 Å². The number of hydrogen-bond donors (Lipinski definition) is 2. The molecule has 2 aromatic carbocycles. The van der Waals surface area contributed by atoms with E-state index in [1.54, 1.807) is 18.2 Å². The number of carbonyl (C=O) groups excluding carboxylic acids is 1. The molecule has 1 unspecified atom stereocenters. The minimum atomic E-state index is -2.96. The summed E-state index contributed by atoms with van der Waals surface area (Å²) in [6.07, 6.45) is 0. The van der Waals surface area contributed by atoms with Gasteiger partial charge in [0.05, 0.1) is 12.2 Å². The van der Waals surface area contributed by atoms with Gasteiger partial charge in [-0.05, 0) is 29.8 Å². The highest BCUT2D eigenvalue weighted by molar-refractivity contribution is 6.30. The Bertz CT molecular complexity index is 791. The molecule has 3 rings (SSSR count). The highest BCUT2D eigenvalue weighted by atomic mass is 35.5. The first-order chi connectivity index (χ1) is 13.0. The number of halogens is 3. The SMILES string of the molecule is O=C(CN1CCNCC1c1cccc(Cl)c1)Nc1ccccc1OC(F)F. The van der Waals surface area contributed by atoms with E-state index in [-0.39, 0.29) is 29.9 Å². The van der Waals surface area contributed by atoms with Crippen molar-refractivity contribution in [2.75, 3.05) is 31.5 Å². The van der Waals surface area contributed by atoms with Gasteiger partial charge in [0.25, 0.3) is 0 Å². The number of piperazine rings is 1. The first-order valence-electron chi connectivity index (χ1n) is 8.57. The minimum absolute atomic E-state index is 0.00393. The molecule has 1 aliphatic rings. The van der Waals surface area contributed by atoms with Crippen LogP contribution in [-0.4, -0.2) is 43.6 Å². The Morgan fingerprint density at radius 3 is 2.89 bits per heavy atom. The summed E-state index contributed by atoms with van der Waals surface area (Å²) in [7, 11) is 0. The number of carbonyl (C=O) groups is 1. The fourth-order valence-electron chi connectivity index (χ4n) is 3.12. The minimum Gasteiger partial charge on any atom is -0.433 e. The third-order valence-corrected chi connectivity index (χ3v) is 4.55. The molecule has 144 valence electrons. The second-order valence-electron chi connectivity index (χ2n) is 6.17. The predicted octanol–water partition coefficient (Wildman–Crippen LogP) is 3.53. The summed E-state index contributed by atoms with van der Waals surface area (Å²) in [5, 5.41) is 6.62. The van der Waals surface area contributed by atoms with E-state index >= 15 is 0 Å². The molecule has 2 aromatic rings. The smallest absolute Gasteiger partial charge is 0.387 e. The van der Waals surface area contributed by atoms with Crippen molar-refractivity contribution < 1.29 is 18.3 Å². The van der Waals surface area contributed by atoms with E-state index in [0.717, 1.165) is 12.1 Å². The molecule has 0 saturated carbocycles. The summed E-state index contributed by atoms with van der Waals surface area (Å²) >= 11 is 6.09. The number of ether oxygens (including phenoxy) is 1. The number of rotatable bonds is 6. The van der Waals surface area contributed by atoms with E-state index < -0.39 is 6.61 Å². The third kappa shape index (κ3) is 5.38. The van der Waals surface area contributed by atoms with Gasteiger partial charge in [0.2, 0.25) is 5.91 Å². The van der Waals surface area contributed by atoms with E-state index in [1.807, 2.05) is 23.1 Å². The molecule has 0 aliphatic carbocycles. The molecule has 1 aliphatic heterocycles. The van der Waals surface area contributed by atoms with Gasteiger partial charge in [0, 0.05) is 30.7 Å². The Balaban J connectivity index is 1.69. The number of anilines is 1. The van der Waals surface area contributed by atoms with Crippen LogP contribution in [0.1, 0.15) is 11.6 Å². The molecule has 27 heavy (non-hydrogen) atoms. The van der Waals surface area contributed by atoms with Crippen molar-refractivity contribution in [2.45, 2.75) is 12.7 Å². The van der Waals surface area contributed by atoms with Gasteiger partial charge in [-0.3, -0.25) is 9.69 Å². The molecule has 8 heteroatoms. The van der Waals surface area contributed by atoms with Crippen LogP contribution in [0.5, 0.6) is 5.75 Å². The van der Waals surface area contributed by atoms with E-state index in [0.29, 0.717) is 18.1 Å². The van der Waals surface area contributed by atoms with Crippen molar-refractivity contribution in [3.8, 4) is 5.75 Å². The van der Waals surface area contributed by atoms with Gasteiger partial charge >= 0.3 is 6.61 Å². The second-order valence-corrected chi connectivity index (χ2v) is 6.60. The lowest BCUT2D eigenvalue weighted by molar-refractivity contribution is -0.118. The van der Waals surface area contributed by atoms with Gasteiger partial charge in [-0.25, -0.2) is 0 Å². The van der Waals surface area contributed by atoms with E-state index in [2.05, 4.69) is 15.4 Å². The lowest BCUT2D eigenvalue weighted by Crippen LogP contribution is -2.48. The van der Waals surface area contributed by atoms with Crippen LogP contribution >= 0.6 is 11.6 Å². The molecule has 5 nitrogen and oxygen atoms in total. The maximum absolute atomic E-state index is 12.5. The van der Waals surface area contributed by atoms with E-state index in [4.69, 9.17) is 11.6 Å². The molecule has 0 aromatic heterocycles. The van der Waals surface area contributed by atoms with Crippen molar-refractivity contribution in [2.24, 2.45) is 0 Å². The second kappa shape index (κ2) is 9.12. The summed E-state index contributed by atoms with van der Waals surface area (Å²) in [5.74, 6) is -0.359. The molecule has 1 fully saturated rings. The van der Waals surface area contributed by atoms with Crippen LogP contribution in [0.15, 0.2) is 48.5 Å². The molecule has 1 atom stereocenters. The zero-order chi connectivity index (χ0) is 19.2. The maximum Gasteiger partial charge on any atom is 0.387 e. The largest absolute Gasteiger partial charge is 0.433 e. The lowest BCUT2D eigenvalue weighted by atomic mass is 10.0. The number of para-hydroxylation sites is 2. The Labute approximate surface area is 161 Å². The van der Waals surface area contributed by atoms with Gasteiger partial charge in [0.15, 0.2) is 0 Å². The van der Waals surface area contributed by atoms with Gasteiger partial charge in [0.1, 0.15) is 5.75 Å². The molecule has 1 amide bonds. The molecule has 1 heterocycles. The zero-order valence-corrected chi connectivity index (χ0v) is 15.3. The van der Waals surface area contributed by atoms with Crippen LogP contribution in [0.25, 0.3) is 0 Å². The van der Waals surface area contributed by atoms with Crippen molar-refractivity contribution >= 4 is 23.2 Å². The van der Waals surface area contributed by atoms with Gasteiger partial charge in [-0.2, -0.15) is 8.78 Å². The summed E-state index contributed by atoms with van der Waals surface area (Å²) in [4.78, 5) is 14.6. The zero-order valence-electron chi connectivity index (χ0n) is 14.5. The van der Waals surface area contributed by atoms with E-state index in [9.17, 15) is 13.6 Å². The summed E-state index contributed by atoms with van der Waals surface area (Å²) < 4.78 is 29.5. The topological polar surface area (TPSA) is 53.6 Å². The fraction of sp³-hybridized carbons (Fsp3) is 0.316. The van der Waals surface area contributed by atoms with Crippen molar-refractivity contribution in [3.63, 3.8) is 0 Å². The van der Waals surface area contributed by atoms with Crippen LogP contribution < -0.4 is 15.4 Å². The lowest BCUT2D eigenvalue weighted by Gasteiger charge is -2.36. The van der Waals surface area contributed by atoms with Crippen LogP contribution in [0.2, 0.25) is 5.02 Å². The Hall–Kier alpha value is -2.22. The third-order valence-electron chi connectivity index (χ3n) is 4.31. The van der Waals surface area contributed by atoms with Crippen LogP contribution in [0.3, 0.4) is 0 Å². The number of benzene rings is 2. The van der Waals surface area contributed by atoms with E-state index in [1.165, 1.54) is 12.1 Å². The number of alkyl halides is 2. The molecule has 1 saturated heterocycles. The molecular weight excluding hydrogens is 376 g/mol. The molecule has 2 N–H and O–H groups in total. The van der Waals surface area contributed by atoms with Crippen LogP contribution in [-0.2, 0) is 4.79 Å². The maximum atomic E-state index is 12.5. The Kier molecular flexibility index (Phi) is 6.60. The highest BCUT2D eigenvalue weighted by Gasteiger charge is 2.26. The predicted molar refractivity (Wildman–Crippen MR) is 100 cm³/mol. The summed E-state index contributed by atoms with van der Waals surface area (Å²) in [6, 6.07) is 13.7. The molecule has 0 bridgehead atoms. The standard InChI is InChI=1S/C19H20ClF2N3O2/c20-14-5-3-4-13(10-14)16-11-23-8-9-25(16)12-18(26)24-15-6-1-2-7-17(15)27-19(21)22/h1-7,10,16,19,23H,8-9,11-12H2,(H,24,26).